The topological polar surface area (TPSA) is 72.7 Å². The third-order valence-electron chi connectivity index (χ3n) is 2.91. The summed E-state index contributed by atoms with van der Waals surface area (Å²) >= 11 is 2.56. The summed E-state index contributed by atoms with van der Waals surface area (Å²) in [4.78, 5) is 16.3. The van der Waals surface area contributed by atoms with Gasteiger partial charge in [0.05, 0.1) is 23.2 Å². The molecule has 0 fully saturated rings. The van der Waals surface area contributed by atoms with Crippen LogP contribution in [-0.2, 0) is 11.3 Å². The lowest BCUT2D eigenvalue weighted by Gasteiger charge is -2.06. The Kier molecular flexibility index (Phi) is 4.16. The molecule has 8 heteroatoms. The molecule has 108 valence electrons. The van der Waals surface area contributed by atoms with Crippen molar-refractivity contribution in [1.82, 2.24) is 18.3 Å². The highest BCUT2D eigenvalue weighted by molar-refractivity contribution is 7.99. The first-order valence-corrected chi connectivity index (χ1v) is 8.14. The third kappa shape index (κ3) is 3.06. The van der Waals surface area contributed by atoms with Gasteiger partial charge in [0.1, 0.15) is 11.0 Å². The largest absolute Gasteiger partial charge is 0.326 e. The van der Waals surface area contributed by atoms with Crippen molar-refractivity contribution in [2.24, 2.45) is 0 Å². The molecule has 6 nitrogen and oxygen atoms in total. The quantitative estimate of drug-likeness (QED) is 0.732. The molecule has 0 radical (unpaired) electrons. The van der Waals surface area contributed by atoms with Crippen molar-refractivity contribution < 1.29 is 4.79 Å². The van der Waals surface area contributed by atoms with E-state index in [1.807, 2.05) is 35.9 Å². The van der Waals surface area contributed by atoms with E-state index in [-0.39, 0.29) is 5.91 Å². The van der Waals surface area contributed by atoms with Gasteiger partial charge in [0.2, 0.25) is 5.91 Å². The highest BCUT2D eigenvalue weighted by atomic mass is 32.2. The van der Waals surface area contributed by atoms with Gasteiger partial charge in [-0.25, -0.2) is 4.98 Å². The molecule has 0 bridgehead atoms. The number of benzene rings is 1. The van der Waals surface area contributed by atoms with E-state index in [0.717, 1.165) is 34.5 Å². The van der Waals surface area contributed by atoms with Gasteiger partial charge in [0.25, 0.3) is 0 Å². The molecule has 0 atom stereocenters. The molecule has 1 amide bonds. The highest BCUT2D eigenvalue weighted by Gasteiger charge is 2.10. The van der Waals surface area contributed by atoms with Crippen LogP contribution < -0.4 is 5.32 Å². The molecule has 1 aromatic carbocycles. The maximum atomic E-state index is 12.1. The summed E-state index contributed by atoms with van der Waals surface area (Å²) in [6.45, 7) is 2.88. The fourth-order valence-corrected chi connectivity index (χ4v) is 3.27. The molecule has 0 spiro atoms. The number of hydrogen-bond donors (Lipinski definition) is 1. The number of thioether (sulfide) groups is 1. The summed E-state index contributed by atoms with van der Waals surface area (Å²) in [5, 5.41) is 3.73. The van der Waals surface area contributed by atoms with E-state index in [4.69, 9.17) is 0 Å². The average molecular weight is 319 g/mol. The van der Waals surface area contributed by atoms with Crippen molar-refractivity contribution in [3.63, 3.8) is 0 Å². The lowest BCUT2D eigenvalue weighted by molar-refractivity contribution is -0.113. The van der Waals surface area contributed by atoms with Gasteiger partial charge in [-0.2, -0.15) is 8.75 Å². The van der Waals surface area contributed by atoms with Gasteiger partial charge in [0.15, 0.2) is 5.16 Å². The van der Waals surface area contributed by atoms with Crippen LogP contribution in [0.5, 0.6) is 0 Å². The molecule has 0 unspecified atom stereocenters. The summed E-state index contributed by atoms with van der Waals surface area (Å²) in [7, 11) is 0. The smallest absolute Gasteiger partial charge is 0.234 e. The second kappa shape index (κ2) is 6.23. The fraction of sp³-hybridized carbons (Fsp3) is 0.231. The Balaban J connectivity index is 1.65. The van der Waals surface area contributed by atoms with Gasteiger partial charge in [-0.1, -0.05) is 17.8 Å². The molecular formula is C13H13N5OS2. The average Bonchev–Trinajstić information content (AvgIpc) is 3.14. The van der Waals surface area contributed by atoms with E-state index >= 15 is 0 Å². The highest BCUT2D eigenvalue weighted by Crippen LogP contribution is 2.22. The molecule has 3 aromatic rings. The molecular weight excluding hydrogens is 306 g/mol. The normalized spacial score (nSPS) is 10.9. The Bertz CT molecular complexity index is 767. The number of aryl methyl sites for hydroxylation is 1. The zero-order valence-electron chi connectivity index (χ0n) is 11.3. The summed E-state index contributed by atoms with van der Waals surface area (Å²) in [5.41, 5.74) is 2.23. The number of hydrogen-bond acceptors (Lipinski definition) is 6. The predicted octanol–water partition coefficient (Wildman–Crippen LogP) is 2.64. The van der Waals surface area contributed by atoms with E-state index in [1.54, 1.807) is 6.20 Å². The first-order chi connectivity index (χ1) is 10.3. The van der Waals surface area contributed by atoms with Crippen molar-refractivity contribution in [3.05, 3.63) is 30.6 Å². The lowest BCUT2D eigenvalue weighted by atomic mass is 10.2. The number of carbonyl (C=O) groups excluding carboxylic acids is 1. The number of carbonyl (C=O) groups is 1. The van der Waals surface area contributed by atoms with Crippen LogP contribution in [0.25, 0.3) is 11.0 Å². The molecule has 0 saturated carbocycles. The zero-order valence-corrected chi connectivity index (χ0v) is 12.9. The fourth-order valence-electron chi connectivity index (χ4n) is 1.90. The van der Waals surface area contributed by atoms with Crippen LogP contribution in [0.1, 0.15) is 6.92 Å². The molecule has 0 aliphatic carbocycles. The summed E-state index contributed by atoms with van der Waals surface area (Å²) in [6, 6.07) is 5.57. The van der Waals surface area contributed by atoms with Crippen LogP contribution in [0.2, 0.25) is 0 Å². The van der Waals surface area contributed by atoms with Crippen molar-refractivity contribution in [1.29, 1.82) is 0 Å². The SMILES string of the molecule is CCn1ccnc1SCC(=O)Nc1cccc2nsnc12. The first-order valence-electron chi connectivity index (χ1n) is 6.43. The first kappa shape index (κ1) is 14.0. The van der Waals surface area contributed by atoms with Gasteiger partial charge in [0, 0.05) is 18.9 Å². The third-order valence-corrected chi connectivity index (χ3v) is 4.46. The number of amides is 1. The number of aromatic nitrogens is 4. The van der Waals surface area contributed by atoms with E-state index in [1.165, 1.54) is 11.8 Å². The van der Waals surface area contributed by atoms with Gasteiger partial charge in [-0.15, -0.1) is 0 Å². The van der Waals surface area contributed by atoms with Crippen molar-refractivity contribution in [3.8, 4) is 0 Å². The summed E-state index contributed by atoms with van der Waals surface area (Å²) in [5.74, 6) is 0.233. The molecule has 1 N–H and O–H groups in total. The van der Waals surface area contributed by atoms with E-state index in [9.17, 15) is 4.79 Å². The van der Waals surface area contributed by atoms with Crippen LogP contribution in [0.3, 0.4) is 0 Å². The zero-order chi connectivity index (χ0) is 14.7. The Hall–Kier alpha value is -1.93. The second-order valence-electron chi connectivity index (χ2n) is 4.27. The minimum absolute atomic E-state index is 0.0776. The van der Waals surface area contributed by atoms with Crippen molar-refractivity contribution in [2.75, 3.05) is 11.1 Å². The van der Waals surface area contributed by atoms with Crippen molar-refractivity contribution in [2.45, 2.75) is 18.6 Å². The molecule has 3 rings (SSSR count). The van der Waals surface area contributed by atoms with Gasteiger partial charge in [-0.3, -0.25) is 4.79 Å². The number of nitrogens with one attached hydrogen (secondary N) is 1. The number of anilines is 1. The maximum Gasteiger partial charge on any atom is 0.234 e. The van der Waals surface area contributed by atoms with Gasteiger partial charge < -0.3 is 9.88 Å². The van der Waals surface area contributed by atoms with Crippen molar-refractivity contribution >= 4 is 46.1 Å². The monoisotopic (exact) mass is 319 g/mol. The number of imidazole rings is 1. The molecule has 0 aliphatic heterocycles. The molecule has 0 saturated heterocycles. The van der Waals surface area contributed by atoms with Crippen LogP contribution in [0, 0.1) is 0 Å². The second-order valence-corrected chi connectivity index (χ2v) is 5.74. The van der Waals surface area contributed by atoms with Crippen LogP contribution in [0.15, 0.2) is 35.7 Å². The Labute approximate surface area is 129 Å². The van der Waals surface area contributed by atoms with Crippen LogP contribution >= 0.6 is 23.5 Å². The maximum absolute atomic E-state index is 12.1. The minimum atomic E-state index is -0.0776. The van der Waals surface area contributed by atoms with E-state index < -0.39 is 0 Å². The van der Waals surface area contributed by atoms with E-state index in [2.05, 4.69) is 19.0 Å². The number of fused-ring (bicyclic) bond motifs is 1. The summed E-state index contributed by atoms with van der Waals surface area (Å²) < 4.78 is 10.4. The van der Waals surface area contributed by atoms with Crippen LogP contribution in [-0.4, -0.2) is 30.0 Å². The van der Waals surface area contributed by atoms with Gasteiger partial charge in [-0.05, 0) is 19.1 Å². The standard InChI is InChI=1S/C13H13N5OS2/c1-2-18-7-6-14-13(18)20-8-11(19)15-9-4-3-5-10-12(9)17-21-16-10/h3-7H,2,8H2,1H3,(H,15,19). The Morgan fingerprint density at radius 3 is 3.19 bits per heavy atom. The van der Waals surface area contributed by atoms with Crippen LogP contribution in [0.4, 0.5) is 5.69 Å². The Morgan fingerprint density at radius 2 is 2.33 bits per heavy atom. The molecule has 2 aromatic heterocycles. The predicted molar refractivity (Wildman–Crippen MR) is 84.7 cm³/mol. The lowest BCUT2D eigenvalue weighted by Crippen LogP contribution is -2.14. The molecule has 21 heavy (non-hydrogen) atoms. The van der Waals surface area contributed by atoms with E-state index in [0.29, 0.717) is 11.4 Å². The molecule has 2 heterocycles. The Morgan fingerprint density at radius 1 is 1.43 bits per heavy atom. The number of nitrogens with zero attached hydrogens (tertiary/aromatic N) is 4. The minimum Gasteiger partial charge on any atom is -0.326 e. The molecule has 0 aliphatic rings. The number of rotatable bonds is 5. The van der Waals surface area contributed by atoms with Gasteiger partial charge >= 0.3 is 0 Å². The summed E-state index contributed by atoms with van der Waals surface area (Å²) in [6.07, 6.45) is 3.65.